The minimum atomic E-state index is -0.455. The molecular formula is C30H27N2O+. The molecule has 0 N–H and O–H groups in total. The first-order valence-electron chi connectivity index (χ1n) is 13.5. The third-order valence-electron chi connectivity index (χ3n) is 6.47. The van der Waals surface area contributed by atoms with Crippen molar-refractivity contribution in [2.75, 3.05) is 0 Å². The summed E-state index contributed by atoms with van der Waals surface area (Å²) in [6.07, 6.45) is 0. The van der Waals surface area contributed by atoms with E-state index in [1.54, 1.807) is 12.1 Å². The molecule has 0 fully saturated rings. The van der Waals surface area contributed by atoms with Gasteiger partial charge < -0.3 is 4.42 Å². The summed E-state index contributed by atoms with van der Waals surface area (Å²) >= 11 is 0. The maximum Gasteiger partial charge on any atom is 0.216 e. The van der Waals surface area contributed by atoms with Crippen molar-refractivity contribution in [1.29, 1.82) is 5.26 Å². The lowest BCUT2D eigenvalue weighted by Gasteiger charge is -2.11. The fourth-order valence-corrected chi connectivity index (χ4v) is 4.67. The van der Waals surface area contributed by atoms with Crippen LogP contribution in [0.15, 0.2) is 71.0 Å². The van der Waals surface area contributed by atoms with Crippen LogP contribution in [0, 0.1) is 25.2 Å². The molecule has 5 rings (SSSR count). The lowest BCUT2D eigenvalue weighted by molar-refractivity contribution is -0.667. The van der Waals surface area contributed by atoms with E-state index < -0.39 is 18.1 Å². The standard InChI is InChI=1S/C30H27N2O/c1-18(2)23-15-16-26(32(5)20(23)4)27-19(3)11-13-25-28-22(17-31)12-14-24(29(28)33-30(25)27)21-9-7-6-8-10-21/h6-16,18H,1-5H3/q+1/i6D,7D,8D,9D,10D. The minimum Gasteiger partial charge on any atom is -0.454 e. The molecule has 33 heavy (non-hydrogen) atoms. The molecule has 0 unspecified atom stereocenters. The number of aryl methyl sites for hydroxylation is 1. The zero-order chi connectivity index (χ0) is 27.6. The van der Waals surface area contributed by atoms with Gasteiger partial charge in [-0.2, -0.15) is 9.83 Å². The second kappa shape index (κ2) is 7.90. The Kier molecular flexibility index (Phi) is 3.79. The summed E-state index contributed by atoms with van der Waals surface area (Å²) in [5.41, 5.74) is 6.92. The van der Waals surface area contributed by atoms with E-state index in [1.807, 2.05) is 26.1 Å². The van der Waals surface area contributed by atoms with Gasteiger partial charge in [-0.3, -0.25) is 0 Å². The molecule has 0 radical (unpaired) electrons. The molecule has 5 aromatic rings. The van der Waals surface area contributed by atoms with Gasteiger partial charge in [-0.15, -0.1) is 0 Å². The number of nitriles is 1. The van der Waals surface area contributed by atoms with Gasteiger partial charge >= 0.3 is 0 Å². The van der Waals surface area contributed by atoms with Gasteiger partial charge in [-0.1, -0.05) is 56.2 Å². The number of fused-ring (bicyclic) bond motifs is 3. The Balaban J connectivity index is 1.93. The summed E-state index contributed by atoms with van der Waals surface area (Å²) < 4.78 is 50.0. The SMILES string of the molecule is [2H]c1c([2H])c([2H])c(-c2ccc(C#N)c3c2oc2c(-c4ccc(C(C)C)c(C)[n+]4C)c(C)ccc23)c([2H])c1[2H]. The van der Waals surface area contributed by atoms with Crippen LogP contribution in [0.25, 0.3) is 44.3 Å². The Morgan fingerprint density at radius 3 is 2.42 bits per heavy atom. The van der Waals surface area contributed by atoms with E-state index in [9.17, 15) is 5.26 Å². The molecule has 0 saturated carbocycles. The van der Waals surface area contributed by atoms with Crippen LogP contribution < -0.4 is 4.57 Å². The predicted octanol–water partition coefficient (Wildman–Crippen LogP) is 7.36. The van der Waals surface area contributed by atoms with Crippen molar-refractivity contribution in [2.24, 2.45) is 7.05 Å². The Hall–Kier alpha value is -3.90. The van der Waals surface area contributed by atoms with Crippen molar-refractivity contribution in [3.63, 3.8) is 0 Å². The summed E-state index contributed by atoms with van der Waals surface area (Å²) in [4.78, 5) is 0. The van der Waals surface area contributed by atoms with E-state index in [0.29, 0.717) is 33.6 Å². The van der Waals surface area contributed by atoms with Crippen molar-refractivity contribution < 1.29 is 15.8 Å². The first kappa shape index (κ1) is 15.8. The Bertz CT molecular complexity index is 1820. The first-order valence-corrected chi connectivity index (χ1v) is 11.0. The van der Waals surface area contributed by atoms with Gasteiger partial charge in [0.15, 0.2) is 5.69 Å². The highest BCUT2D eigenvalue weighted by Crippen LogP contribution is 2.42. The quantitative estimate of drug-likeness (QED) is 0.277. The molecule has 0 aliphatic rings. The molecule has 3 heteroatoms. The monoisotopic (exact) mass is 436 g/mol. The van der Waals surface area contributed by atoms with Gasteiger partial charge in [-0.25, -0.2) is 0 Å². The molecule has 0 amide bonds. The number of pyridine rings is 1. The van der Waals surface area contributed by atoms with Crippen LogP contribution in [-0.4, -0.2) is 0 Å². The molecule has 0 aliphatic carbocycles. The van der Waals surface area contributed by atoms with Crippen molar-refractivity contribution in [3.8, 4) is 28.5 Å². The number of benzene rings is 3. The van der Waals surface area contributed by atoms with Crippen LogP contribution in [0.4, 0.5) is 0 Å². The van der Waals surface area contributed by atoms with Crippen LogP contribution >= 0.6 is 0 Å². The zero-order valence-corrected chi connectivity index (χ0v) is 19.3. The Morgan fingerprint density at radius 2 is 1.73 bits per heavy atom. The Labute approximate surface area is 201 Å². The van der Waals surface area contributed by atoms with Crippen molar-refractivity contribution >= 4 is 21.9 Å². The van der Waals surface area contributed by atoms with E-state index in [2.05, 4.69) is 43.5 Å². The van der Waals surface area contributed by atoms with E-state index in [0.717, 1.165) is 27.9 Å². The van der Waals surface area contributed by atoms with Gasteiger partial charge in [0.1, 0.15) is 18.2 Å². The topological polar surface area (TPSA) is 40.8 Å². The van der Waals surface area contributed by atoms with Crippen LogP contribution in [0.2, 0.25) is 0 Å². The van der Waals surface area contributed by atoms with Crippen molar-refractivity contribution in [1.82, 2.24) is 0 Å². The van der Waals surface area contributed by atoms with Gasteiger partial charge in [0.05, 0.1) is 24.0 Å². The van der Waals surface area contributed by atoms with E-state index in [-0.39, 0.29) is 17.6 Å². The van der Waals surface area contributed by atoms with Gasteiger partial charge in [-0.05, 0) is 42.2 Å². The third-order valence-corrected chi connectivity index (χ3v) is 6.47. The maximum absolute atomic E-state index is 9.96. The molecule has 0 aliphatic heterocycles. The van der Waals surface area contributed by atoms with Crippen LogP contribution in [0.3, 0.4) is 0 Å². The van der Waals surface area contributed by atoms with Crippen LogP contribution in [0.5, 0.6) is 0 Å². The van der Waals surface area contributed by atoms with Crippen LogP contribution in [-0.2, 0) is 7.05 Å². The molecule has 0 saturated heterocycles. The predicted molar refractivity (Wildman–Crippen MR) is 134 cm³/mol. The number of furan rings is 1. The lowest BCUT2D eigenvalue weighted by Crippen LogP contribution is -2.36. The van der Waals surface area contributed by atoms with E-state index in [4.69, 9.17) is 11.3 Å². The number of hydrogen-bond donors (Lipinski definition) is 0. The largest absolute Gasteiger partial charge is 0.454 e. The first-order chi connectivity index (χ1) is 18.0. The smallest absolute Gasteiger partial charge is 0.216 e. The van der Waals surface area contributed by atoms with Crippen molar-refractivity contribution in [3.05, 3.63) is 89.0 Å². The fraction of sp³-hybridized carbons (Fsp3) is 0.200. The van der Waals surface area contributed by atoms with Gasteiger partial charge in [0.25, 0.3) is 0 Å². The highest BCUT2D eigenvalue weighted by molar-refractivity contribution is 6.15. The highest BCUT2D eigenvalue weighted by Gasteiger charge is 2.25. The van der Waals surface area contributed by atoms with Crippen molar-refractivity contribution in [2.45, 2.75) is 33.6 Å². The normalized spacial score (nSPS) is 13.5. The molecule has 0 atom stereocenters. The molecule has 0 bridgehead atoms. The highest BCUT2D eigenvalue weighted by atomic mass is 16.3. The molecule has 3 nitrogen and oxygen atoms in total. The molecule has 2 aromatic heterocycles. The summed E-state index contributed by atoms with van der Waals surface area (Å²) in [6.45, 7) is 8.43. The fourth-order valence-electron chi connectivity index (χ4n) is 4.67. The van der Waals surface area contributed by atoms with Crippen LogP contribution in [0.1, 0.15) is 49.0 Å². The van der Waals surface area contributed by atoms with E-state index >= 15 is 0 Å². The number of rotatable bonds is 3. The Morgan fingerprint density at radius 1 is 0.970 bits per heavy atom. The number of hydrogen-bond acceptors (Lipinski definition) is 2. The summed E-state index contributed by atoms with van der Waals surface area (Å²) in [5, 5.41) is 11.3. The maximum atomic E-state index is 9.96. The molecule has 3 aromatic carbocycles. The second-order valence-electron chi connectivity index (χ2n) is 8.69. The lowest BCUT2D eigenvalue weighted by atomic mass is 9.95. The second-order valence-corrected chi connectivity index (χ2v) is 8.69. The van der Waals surface area contributed by atoms with Gasteiger partial charge in [0, 0.05) is 34.9 Å². The van der Waals surface area contributed by atoms with E-state index in [1.165, 1.54) is 5.56 Å². The third kappa shape index (κ3) is 3.22. The number of nitrogens with zero attached hydrogens (tertiary/aromatic N) is 2. The number of aromatic nitrogens is 1. The zero-order valence-electron chi connectivity index (χ0n) is 24.3. The summed E-state index contributed by atoms with van der Waals surface area (Å²) in [5.74, 6) is 0.371. The van der Waals surface area contributed by atoms with Gasteiger partial charge in [0.2, 0.25) is 5.69 Å². The molecule has 162 valence electrons. The molecule has 0 spiro atoms. The average molecular weight is 437 g/mol. The molecule has 2 heterocycles. The average Bonchev–Trinajstić information content (AvgIpc) is 3.28. The molecular weight excluding hydrogens is 404 g/mol. The minimum absolute atomic E-state index is 0.0468. The summed E-state index contributed by atoms with van der Waals surface area (Å²) in [7, 11) is 2.02. The summed E-state index contributed by atoms with van der Waals surface area (Å²) in [6, 6.07) is 11.7.